The smallest absolute Gasteiger partial charge is 0.255 e. The van der Waals surface area contributed by atoms with Gasteiger partial charge < -0.3 is 15.0 Å². The fraction of sp³-hybridized carbons (Fsp3) is 0.160. The van der Waals surface area contributed by atoms with E-state index in [2.05, 4.69) is 43.6 Å². The minimum Gasteiger partial charge on any atom is -0.490 e. The number of aromatic amines is 2. The number of nitrogens with zero attached hydrogens (tertiary/aromatic N) is 3. The summed E-state index contributed by atoms with van der Waals surface area (Å²) in [6, 6.07) is 13.4. The van der Waals surface area contributed by atoms with Gasteiger partial charge in [-0.05, 0) is 60.9 Å². The van der Waals surface area contributed by atoms with Gasteiger partial charge in [0.1, 0.15) is 12.4 Å². The quantitative estimate of drug-likeness (QED) is 0.242. The molecular formula is C25H24N6O3. The Balaban J connectivity index is 1.45. The molecule has 1 amide bonds. The monoisotopic (exact) mass is 456 g/mol. The first kappa shape index (κ1) is 22.7. The van der Waals surface area contributed by atoms with Crippen molar-refractivity contribution in [1.82, 2.24) is 25.6 Å². The highest BCUT2D eigenvalue weighted by atomic mass is 16.5. The summed E-state index contributed by atoms with van der Waals surface area (Å²) >= 11 is 0. The number of benzene rings is 2. The first-order valence-corrected chi connectivity index (χ1v) is 10.9. The number of unbranched alkanes of at least 4 members (excludes halogenated alkanes) is 2. The molecule has 0 aliphatic heterocycles. The minimum absolute atomic E-state index is 0.221. The molecule has 0 unspecified atom stereocenters. The Labute approximate surface area is 195 Å². The van der Waals surface area contributed by atoms with Crippen LogP contribution in [-0.2, 0) is 0 Å². The van der Waals surface area contributed by atoms with Crippen molar-refractivity contribution in [2.24, 2.45) is 0 Å². The molecule has 4 rings (SSSR count). The maximum absolute atomic E-state index is 12.9. The van der Waals surface area contributed by atoms with Crippen LogP contribution in [0.3, 0.4) is 0 Å². The zero-order chi connectivity index (χ0) is 23.8. The van der Waals surface area contributed by atoms with Gasteiger partial charge in [0.15, 0.2) is 5.43 Å². The average molecular weight is 457 g/mol. The van der Waals surface area contributed by atoms with E-state index in [0.717, 1.165) is 19.3 Å². The SMILES string of the molecule is C=CCCC/C=C/COc1ccc(C(=O)Nc2cccc3c(=O)cc(-c4nn[nH]n4)[nH]c23)cc1. The number of allylic oxidation sites excluding steroid dienone is 2. The van der Waals surface area contributed by atoms with Crippen molar-refractivity contribution in [2.45, 2.75) is 19.3 Å². The molecule has 0 saturated carbocycles. The number of H-pyrrole nitrogens is 2. The van der Waals surface area contributed by atoms with Gasteiger partial charge in [-0.25, -0.2) is 0 Å². The molecule has 0 saturated heterocycles. The predicted molar refractivity (Wildman–Crippen MR) is 131 cm³/mol. The second-order valence-corrected chi connectivity index (χ2v) is 7.49. The number of amides is 1. The maximum atomic E-state index is 12.9. The molecule has 2 aromatic carbocycles. The standard InChI is InChI=1S/C25H24N6O3/c1-2-3-4-5-6-7-15-34-18-13-11-17(12-14-18)25(33)27-20-10-8-9-19-22(32)16-21(26-23(19)20)24-28-30-31-29-24/h2,6-14,16H,1,3-5,15H2,(H,26,32)(H,27,33)(H,28,29,30,31)/b7-6+. The van der Waals surface area contributed by atoms with E-state index in [0.29, 0.717) is 40.2 Å². The van der Waals surface area contributed by atoms with Crippen molar-refractivity contribution < 1.29 is 9.53 Å². The molecule has 9 heteroatoms. The van der Waals surface area contributed by atoms with Crippen molar-refractivity contribution in [3.05, 3.63) is 89.1 Å². The summed E-state index contributed by atoms with van der Waals surface area (Å²) in [5.74, 6) is 0.612. The van der Waals surface area contributed by atoms with Crippen molar-refractivity contribution in [1.29, 1.82) is 0 Å². The Morgan fingerprint density at radius 2 is 1.97 bits per heavy atom. The molecule has 0 radical (unpaired) electrons. The lowest BCUT2D eigenvalue weighted by Gasteiger charge is -2.10. The molecule has 3 N–H and O–H groups in total. The number of fused-ring (bicyclic) bond motifs is 1. The van der Waals surface area contributed by atoms with Gasteiger partial charge >= 0.3 is 0 Å². The summed E-state index contributed by atoms with van der Waals surface area (Å²) in [5, 5.41) is 17.0. The molecule has 0 aliphatic carbocycles. The van der Waals surface area contributed by atoms with Crippen LogP contribution in [0.4, 0.5) is 5.69 Å². The number of para-hydroxylation sites is 1. The second kappa shape index (κ2) is 10.9. The summed E-state index contributed by atoms with van der Waals surface area (Å²) in [7, 11) is 0. The number of hydrogen-bond acceptors (Lipinski definition) is 6. The second-order valence-electron chi connectivity index (χ2n) is 7.49. The maximum Gasteiger partial charge on any atom is 0.255 e. The van der Waals surface area contributed by atoms with Crippen molar-refractivity contribution >= 4 is 22.5 Å². The third-order valence-corrected chi connectivity index (χ3v) is 5.11. The van der Waals surface area contributed by atoms with Crippen molar-refractivity contribution in [3.8, 4) is 17.3 Å². The van der Waals surface area contributed by atoms with Gasteiger partial charge in [-0.1, -0.05) is 24.3 Å². The Morgan fingerprint density at radius 3 is 2.74 bits per heavy atom. The van der Waals surface area contributed by atoms with E-state index in [1.54, 1.807) is 42.5 Å². The van der Waals surface area contributed by atoms with E-state index in [9.17, 15) is 9.59 Å². The zero-order valence-electron chi connectivity index (χ0n) is 18.5. The number of ether oxygens (including phenoxy) is 1. The lowest BCUT2D eigenvalue weighted by atomic mass is 10.1. The number of nitrogens with one attached hydrogen (secondary N) is 3. The Kier molecular flexibility index (Phi) is 7.24. The number of carbonyl (C=O) groups excluding carboxylic acids is 1. The van der Waals surface area contributed by atoms with Crippen LogP contribution in [0.5, 0.6) is 5.75 Å². The molecule has 0 aliphatic rings. The number of carbonyl (C=O) groups is 1. The third kappa shape index (κ3) is 5.44. The first-order chi connectivity index (χ1) is 16.7. The summed E-state index contributed by atoms with van der Waals surface area (Å²) < 4.78 is 5.69. The molecule has 172 valence electrons. The van der Waals surface area contributed by atoms with Crippen LogP contribution in [0.1, 0.15) is 29.6 Å². The summed E-state index contributed by atoms with van der Waals surface area (Å²) in [6.07, 6.45) is 9.05. The van der Waals surface area contributed by atoms with E-state index in [1.807, 2.05) is 12.2 Å². The molecule has 0 spiro atoms. The zero-order valence-corrected chi connectivity index (χ0v) is 18.5. The van der Waals surface area contributed by atoms with E-state index < -0.39 is 0 Å². The number of anilines is 1. The number of aromatic nitrogens is 5. The number of hydrogen-bond donors (Lipinski definition) is 3. The van der Waals surface area contributed by atoms with Gasteiger partial charge in [0.2, 0.25) is 5.82 Å². The van der Waals surface area contributed by atoms with Crippen molar-refractivity contribution in [2.75, 3.05) is 11.9 Å². The lowest BCUT2D eigenvalue weighted by Crippen LogP contribution is -2.13. The van der Waals surface area contributed by atoms with Gasteiger partial charge in [-0.15, -0.1) is 16.8 Å². The van der Waals surface area contributed by atoms with Crippen LogP contribution in [0.2, 0.25) is 0 Å². The lowest BCUT2D eigenvalue weighted by molar-refractivity contribution is 0.102. The summed E-state index contributed by atoms with van der Waals surface area (Å²) in [6.45, 7) is 4.17. The van der Waals surface area contributed by atoms with E-state index in [4.69, 9.17) is 4.74 Å². The molecule has 34 heavy (non-hydrogen) atoms. The van der Waals surface area contributed by atoms with E-state index in [-0.39, 0.29) is 17.2 Å². The molecule has 2 aromatic heterocycles. The Hall–Kier alpha value is -4.53. The van der Waals surface area contributed by atoms with E-state index in [1.165, 1.54) is 6.07 Å². The normalized spacial score (nSPS) is 11.1. The van der Waals surface area contributed by atoms with Crippen LogP contribution in [-0.4, -0.2) is 38.1 Å². The minimum atomic E-state index is -0.313. The average Bonchev–Trinajstić information content (AvgIpc) is 3.39. The summed E-state index contributed by atoms with van der Waals surface area (Å²) in [4.78, 5) is 28.5. The highest BCUT2D eigenvalue weighted by Gasteiger charge is 2.13. The first-order valence-electron chi connectivity index (χ1n) is 10.9. The molecule has 0 fully saturated rings. The van der Waals surface area contributed by atoms with E-state index >= 15 is 0 Å². The van der Waals surface area contributed by atoms with Gasteiger partial charge in [-0.2, -0.15) is 5.21 Å². The topological polar surface area (TPSA) is 126 Å². The molecule has 4 aromatic rings. The molecule has 9 nitrogen and oxygen atoms in total. The third-order valence-electron chi connectivity index (χ3n) is 5.11. The van der Waals surface area contributed by atoms with Gasteiger partial charge in [-0.3, -0.25) is 9.59 Å². The van der Waals surface area contributed by atoms with Gasteiger partial charge in [0.25, 0.3) is 5.91 Å². The largest absolute Gasteiger partial charge is 0.490 e. The molecular weight excluding hydrogens is 432 g/mol. The molecule has 0 bridgehead atoms. The van der Waals surface area contributed by atoms with Crippen molar-refractivity contribution in [3.63, 3.8) is 0 Å². The van der Waals surface area contributed by atoms with Crippen LogP contribution in [0.25, 0.3) is 22.4 Å². The van der Waals surface area contributed by atoms with Gasteiger partial charge in [0.05, 0.1) is 16.9 Å². The molecule has 2 heterocycles. The number of pyridine rings is 1. The Bertz CT molecular complexity index is 1360. The van der Waals surface area contributed by atoms with Crippen LogP contribution in [0, 0.1) is 0 Å². The predicted octanol–water partition coefficient (Wildman–Crippen LogP) is 4.25. The fourth-order valence-electron chi connectivity index (χ4n) is 3.38. The highest BCUT2D eigenvalue weighted by Crippen LogP contribution is 2.23. The van der Waals surface area contributed by atoms with Crippen LogP contribution >= 0.6 is 0 Å². The van der Waals surface area contributed by atoms with Gasteiger partial charge in [0, 0.05) is 17.0 Å². The fourth-order valence-corrected chi connectivity index (χ4v) is 3.38. The Morgan fingerprint density at radius 1 is 1.12 bits per heavy atom. The molecule has 0 atom stereocenters. The van der Waals surface area contributed by atoms with Crippen LogP contribution in [0.15, 0.2) is 78.1 Å². The number of rotatable bonds is 10. The van der Waals surface area contributed by atoms with Crippen LogP contribution < -0.4 is 15.5 Å². The summed E-state index contributed by atoms with van der Waals surface area (Å²) in [5.41, 5.74) is 1.57. The highest BCUT2D eigenvalue weighted by molar-refractivity contribution is 6.08. The number of tetrazole rings is 1.